The van der Waals surface area contributed by atoms with Crippen LogP contribution in [0.4, 0.5) is 0 Å². The molecule has 1 atom stereocenters. The van der Waals surface area contributed by atoms with E-state index < -0.39 is 0 Å². The third kappa shape index (κ3) is 3.08. The fourth-order valence-corrected chi connectivity index (χ4v) is 2.83. The van der Waals surface area contributed by atoms with Gasteiger partial charge in [0.15, 0.2) is 0 Å². The van der Waals surface area contributed by atoms with Crippen molar-refractivity contribution in [3.05, 3.63) is 20.3 Å². The lowest BCUT2D eigenvalue weighted by Gasteiger charge is -2.07. The van der Waals surface area contributed by atoms with Gasteiger partial charge in [0.1, 0.15) is 0 Å². The van der Waals surface area contributed by atoms with E-state index in [9.17, 15) is 0 Å². The number of hydrogen-bond acceptors (Lipinski definition) is 2. The minimum absolute atomic E-state index is 0.231. The Bertz CT molecular complexity index is 250. The van der Waals surface area contributed by atoms with Crippen molar-refractivity contribution in [1.82, 2.24) is 0 Å². The minimum atomic E-state index is 0.231. The van der Waals surface area contributed by atoms with Crippen LogP contribution >= 0.6 is 27.3 Å². The second-order valence-corrected chi connectivity index (χ2v) is 5.44. The average molecular weight is 262 g/mol. The second-order valence-electron chi connectivity index (χ2n) is 3.30. The molecule has 0 aliphatic rings. The van der Waals surface area contributed by atoms with Gasteiger partial charge in [-0.05, 0) is 35.3 Å². The van der Waals surface area contributed by atoms with Gasteiger partial charge in [0.2, 0.25) is 0 Å². The van der Waals surface area contributed by atoms with Crippen LogP contribution in [0.5, 0.6) is 0 Å². The van der Waals surface area contributed by atoms with E-state index >= 15 is 0 Å². The van der Waals surface area contributed by atoms with Gasteiger partial charge >= 0.3 is 0 Å². The first kappa shape index (κ1) is 11.2. The fraction of sp³-hybridized carbons (Fsp3) is 0.600. The Hall–Kier alpha value is 0.140. The van der Waals surface area contributed by atoms with Gasteiger partial charge in [0.05, 0.1) is 0 Å². The smallest absolute Gasteiger partial charge is 0.0390 e. The van der Waals surface area contributed by atoms with Crippen LogP contribution in [-0.2, 0) is 0 Å². The van der Waals surface area contributed by atoms with E-state index in [0.29, 0.717) is 0 Å². The van der Waals surface area contributed by atoms with Crippen LogP contribution in [0.1, 0.15) is 42.0 Å². The molecule has 0 aliphatic carbocycles. The summed E-state index contributed by atoms with van der Waals surface area (Å²) < 4.78 is 1.19. The van der Waals surface area contributed by atoms with Crippen molar-refractivity contribution < 1.29 is 0 Å². The first-order valence-electron chi connectivity index (χ1n) is 4.66. The van der Waals surface area contributed by atoms with Gasteiger partial charge < -0.3 is 5.73 Å². The Labute approximate surface area is 92.5 Å². The summed E-state index contributed by atoms with van der Waals surface area (Å²) in [5, 5.41) is 0. The Morgan fingerprint density at radius 1 is 1.62 bits per heavy atom. The number of nitrogens with two attached hydrogens (primary N) is 1. The standard InChI is InChI=1S/C10H16BrNS/c1-3-4-5-9(12)10-6-8(11)7(2)13-10/h6,9H,3-5,12H2,1-2H3. The van der Waals surface area contributed by atoms with Gasteiger partial charge in [-0.25, -0.2) is 0 Å². The highest BCUT2D eigenvalue weighted by Crippen LogP contribution is 2.31. The predicted molar refractivity (Wildman–Crippen MR) is 63.2 cm³/mol. The zero-order chi connectivity index (χ0) is 9.84. The normalized spacial score (nSPS) is 13.2. The predicted octanol–water partition coefficient (Wildman–Crippen LogP) is 4.01. The van der Waals surface area contributed by atoms with Crippen molar-refractivity contribution in [1.29, 1.82) is 0 Å². The number of rotatable bonds is 4. The van der Waals surface area contributed by atoms with Gasteiger partial charge in [-0.1, -0.05) is 19.8 Å². The summed E-state index contributed by atoms with van der Waals surface area (Å²) in [6.07, 6.45) is 3.54. The van der Waals surface area contributed by atoms with Crippen molar-refractivity contribution in [3.63, 3.8) is 0 Å². The molecule has 0 spiro atoms. The molecule has 0 bridgehead atoms. The highest BCUT2D eigenvalue weighted by atomic mass is 79.9. The molecule has 74 valence electrons. The molecule has 0 radical (unpaired) electrons. The molecule has 1 unspecified atom stereocenters. The summed E-state index contributed by atoms with van der Waals surface area (Å²) in [6.45, 7) is 4.31. The topological polar surface area (TPSA) is 26.0 Å². The summed E-state index contributed by atoms with van der Waals surface area (Å²) in [4.78, 5) is 2.62. The van der Waals surface area contributed by atoms with Crippen LogP contribution in [0.25, 0.3) is 0 Å². The van der Waals surface area contributed by atoms with Gasteiger partial charge in [0.25, 0.3) is 0 Å². The summed E-state index contributed by atoms with van der Waals surface area (Å²) in [7, 11) is 0. The van der Waals surface area contributed by atoms with Gasteiger partial charge in [-0.2, -0.15) is 0 Å². The van der Waals surface area contributed by atoms with Gasteiger partial charge in [-0.3, -0.25) is 0 Å². The molecule has 2 N–H and O–H groups in total. The van der Waals surface area contributed by atoms with Crippen molar-refractivity contribution in [3.8, 4) is 0 Å². The molecule has 3 heteroatoms. The Balaban J connectivity index is 2.60. The van der Waals surface area contributed by atoms with Gasteiger partial charge in [0, 0.05) is 20.3 Å². The zero-order valence-corrected chi connectivity index (χ0v) is 10.5. The van der Waals surface area contributed by atoms with Gasteiger partial charge in [-0.15, -0.1) is 11.3 Å². The van der Waals surface area contributed by atoms with E-state index in [1.165, 1.54) is 27.1 Å². The maximum absolute atomic E-state index is 6.05. The first-order chi connectivity index (χ1) is 6.15. The first-order valence-corrected chi connectivity index (χ1v) is 6.27. The van der Waals surface area contributed by atoms with Crippen LogP contribution in [0.3, 0.4) is 0 Å². The lowest BCUT2D eigenvalue weighted by Crippen LogP contribution is -2.07. The second kappa shape index (κ2) is 5.13. The molecule has 13 heavy (non-hydrogen) atoms. The van der Waals surface area contributed by atoms with E-state index in [1.807, 2.05) is 0 Å². The lowest BCUT2D eigenvalue weighted by molar-refractivity contribution is 0.611. The fourth-order valence-electron chi connectivity index (χ4n) is 1.23. The molecule has 0 saturated heterocycles. The van der Waals surface area contributed by atoms with Crippen LogP contribution in [0, 0.1) is 6.92 Å². The summed E-state index contributed by atoms with van der Waals surface area (Å²) in [6, 6.07) is 2.38. The molecule has 0 amide bonds. The molecule has 1 aromatic rings. The molecular formula is C10H16BrNS. The molecule has 0 fully saturated rings. The van der Waals surface area contributed by atoms with Crippen molar-refractivity contribution in [2.45, 2.75) is 39.2 Å². The monoisotopic (exact) mass is 261 g/mol. The van der Waals surface area contributed by atoms with Crippen LogP contribution in [0.15, 0.2) is 10.5 Å². The van der Waals surface area contributed by atoms with Crippen molar-refractivity contribution >= 4 is 27.3 Å². The third-order valence-corrected chi connectivity index (χ3v) is 4.38. The van der Waals surface area contributed by atoms with Crippen molar-refractivity contribution in [2.24, 2.45) is 5.73 Å². The molecule has 0 aromatic carbocycles. The molecule has 1 rings (SSSR count). The third-order valence-electron chi connectivity index (χ3n) is 2.11. The minimum Gasteiger partial charge on any atom is -0.323 e. The highest BCUT2D eigenvalue weighted by molar-refractivity contribution is 9.10. The SMILES string of the molecule is CCCCC(N)c1cc(Br)c(C)s1. The lowest BCUT2D eigenvalue weighted by atomic mass is 10.1. The number of halogens is 1. The number of thiophene rings is 1. The maximum Gasteiger partial charge on any atom is 0.0390 e. The summed E-state index contributed by atoms with van der Waals surface area (Å²) >= 11 is 5.31. The van der Waals surface area contributed by atoms with Crippen LogP contribution in [0.2, 0.25) is 0 Å². The number of hydrogen-bond donors (Lipinski definition) is 1. The van der Waals surface area contributed by atoms with Crippen molar-refractivity contribution in [2.75, 3.05) is 0 Å². The number of unbranched alkanes of at least 4 members (excludes halogenated alkanes) is 1. The van der Waals surface area contributed by atoms with E-state index in [1.54, 1.807) is 11.3 Å². The van der Waals surface area contributed by atoms with E-state index in [4.69, 9.17) is 5.73 Å². The summed E-state index contributed by atoms with van der Waals surface area (Å²) in [5.74, 6) is 0. The molecule has 1 heterocycles. The summed E-state index contributed by atoms with van der Waals surface area (Å²) in [5.41, 5.74) is 6.05. The van der Waals surface area contributed by atoms with Crippen LogP contribution < -0.4 is 5.73 Å². The van der Waals surface area contributed by atoms with E-state index in [-0.39, 0.29) is 6.04 Å². The Morgan fingerprint density at radius 2 is 2.31 bits per heavy atom. The average Bonchev–Trinajstić information content (AvgIpc) is 2.43. The van der Waals surface area contributed by atoms with E-state index in [0.717, 1.165) is 6.42 Å². The molecule has 1 nitrogen and oxygen atoms in total. The Morgan fingerprint density at radius 3 is 2.77 bits per heavy atom. The molecule has 1 aromatic heterocycles. The quantitative estimate of drug-likeness (QED) is 0.871. The maximum atomic E-state index is 6.05. The van der Waals surface area contributed by atoms with Crippen LogP contribution in [-0.4, -0.2) is 0 Å². The number of aryl methyl sites for hydroxylation is 1. The molecular weight excluding hydrogens is 246 g/mol. The molecule has 0 aliphatic heterocycles. The van der Waals surface area contributed by atoms with E-state index in [2.05, 4.69) is 35.8 Å². The highest BCUT2D eigenvalue weighted by Gasteiger charge is 2.09. The largest absolute Gasteiger partial charge is 0.323 e. The Kier molecular flexibility index (Phi) is 4.42. The zero-order valence-electron chi connectivity index (χ0n) is 8.14. The molecule has 0 saturated carbocycles.